The van der Waals surface area contributed by atoms with Gasteiger partial charge in [0, 0.05) is 31.3 Å². The number of nitrogens with zero attached hydrogens (tertiary/aromatic N) is 3. The van der Waals surface area contributed by atoms with Gasteiger partial charge in [-0.05, 0) is 62.6 Å². The van der Waals surface area contributed by atoms with Gasteiger partial charge in [-0.2, -0.15) is 5.26 Å². The third-order valence-corrected chi connectivity index (χ3v) is 6.39. The Labute approximate surface area is 218 Å². The van der Waals surface area contributed by atoms with E-state index in [1.54, 1.807) is 42.7 Å². The van der Waals surface area contributed by atoms with Gasteiger partial charge in [0.1, 0.15) is 11.4 Å². The molecule has 2 aliphatic rings. The number of amides is 2. The zero-order chi connectivity index (χ0) is 27.8. The molecule has 2 aromatic carbocycles. The Balaban J connectivity index is 1.60. The fourth-order valence-electron chi connectivity index (χ4n) is 4.88. The van der Waals surface area contributed by atoms with E-state index >= 15 is 0 Å². The van der Waals surface area contributed by atoms with Gasteiger partial charge in [0.2, 0.25) is 0 Å². The van der Waals surface area contributed by atoms with Crippen LogP contribution in [0.2, 0.25) is 0 Å². The topological polar surface area (TPSA) is 92.1 Å². The predicted octanol–water partition coefficient (Wildman–Crippen LogP) is 5.10. The quantitative estimate of drug-likeness (QED) is 0.533. The second kappa shape index (κ2) is 10.2. The molecule has 4 rings (SSSR count). The van der Waals surface area contributed by atoms with Gasteiger partial charge in [-0.25, -0.2) is 4.79 Å². The van der Waals surface area contributed by atoms with E-state index in [-0.39, 0.29) is 43.3 Å². The average Bonchev–Trinajstić information content (AvgIpc) is 3.37. The zero-order valence-electron chi connectivity index (χ0n) is 21.5. The number of hydrogen-bond donors (Lipinski definition) is 0. The van der Waals surface area contributed by atoms with Crippen molar-refractivity contribution in [1.29, 1.82) is 5.26 Å². The largest absolute Gasteiger partial charge is 0.573 e. The van der Waals surface area contributed by atoms with Crippen LogP contribution in [-0.4, -0.2) is 66.1 Å². The molecule has 1 saturated heterocycles. The molecule has 2 aromatic rings. The lowest BCUT2D eigenvalue weighted by Crippen LogP contribution is -2.43. The number of hydrogen-bond acceptors (Lipinski definition) is 6. The molecule has 0 spiro atoms. The van der Waals surface area contributed by atoms with Crippen LogP contribution in [0.3, 0.4) is 0 Å². The Morgan fingerprint density at radius 2 is 1.89 bits per heavy atom. The number of likely N-dealkylation sites (tertiary alicyclic amines) is 1. The van der Waals surface area contributed by atoms with Crippen LogP contribution in [0.25, 0.3) is 11.1 Å². The number of methoxy groups -OCH3 is 1. The molecule has 8 nitrogen and oxygen atoms in total. The van der Waals surface area contributed by atoms with Crippen molar-refractivity contribution in [1.82, 2.24) is 9.80 Å². The molecule has 0 saturated carbocycles. The molecular weight excluding hydrogens is 503 g/mol. The SMILES string of the molecule is COC[C@@H]1C[C@@H](N2Cc3cc(C#N)c(-c4cccc(OC(F)(F)F)c4)cc3C2=O)CN1C(=O)OC(C)(C)C. The Hall–Kier alpha value is -3.78. The van der Waals surface area contributed by atoms with Gasteiger partial charge in [0.05, 0.1) is 30.3 Å². The summed E-state index contributed by atoms with van der Waals surface area (Å²) in [5.41, 5.74) is 1.18. The minimum atomic E-state index is -4.86. The first-order chi connectivity index (χ1) is 17.8. The van der Waals surface area contributed by atoms with Crippen molar-refractivity contribution in [2.45, 2.75) is 57.8 Å². The third-order valence-electron chi connectivity index (χ3n) is 6.39. The molecule has 0 aromatic heterocycles. The lowest BCUT2D eigenvalue weighted by atomic mass is 9.95. The van der Waals surface area contributed by atoms with Gasteiger partial charge >= 0.3 is 12.5 Å². The minimum absolute atomic E-state index is 0.224. The molecule has 38 heavy (non-hydrogen) atoms. The van der Waals surface area contributed by atoms with Crippen molar-refractivity contribution in [2.24, 2.45) is 0 Å². The van der Waals surface area contributed by atoms with E-state index in [0.29, 0.717) is 28.7 Å². The summed E-state index contributed by atoms with van der Waals surface area (Å²) < 4.78 is 53.0. The highest BCUT2D eigenvalue weighted by Gasteiger charge is 2.43. The van der Waals surface area contributed by atoms with E-state index in [2.05, 4.69) is 10.8 Å². The number of alkyl halides is 3. The fourth-order valence-corrected chi connectivity index (χ4v) is 4.88. The van der Waals surface area contributed by atoms with Gasteiger partial charge < -0.3 is 24.0 Å². The van der Waals surface area contributed by atoms with Crippen LogP contribution in [0.4, 0.5) is 18.0 Å². The number of fused-ring (bicyclic) bond motifs is 1. The molecular formula is C27H28F3N3O5. The summed E-state index contributed by atoms with van der Waals surface area (Å²) in [6, 6.07) is 9.90. The summed E-state index contributed by atoms with van der Waals surface area (Å²) in [5, 5.41) is 9.76. The number of halogens is 3. The van der Waals surface area contributed by atoms with E-state index in [4.69, 9.17) is 9.47 Å². The highest BCUT2D eigenvalue weighted by Crippen LogP contribution is 2.36. The number of nitriles is 1. The Kier molecular flexibility index (Phi) is 7.30. The number of carbonyl (C=O) groups is 2. The Morgan fingerprint density at radius 1 is 1.16 bits per heavy atom. The second-order valence-electron chi connectivity index (χ2n) is 10.3. The van der Waals surface area contributed by atoms with Crippen LogP contribution in [0.1, 0.15) is 48.7 Å². The first kappa shape index (κ1) is 27.3. The van der Waals surface area contributed by atoms with E-state index in [1.165, 1.54) is 25.3 Å². The molecule has 0 aliphatic carbocycles. The van der Waals surface area contributed by atoms with Gasteiger partial charge in [-0.15, -0.1) is 13.2 Å². The molecule has 2 atom stereocenters. The van der Waals surface area contributed by atoms with E-state index in [9.17, 15) is 28.0 Å². The standard InChI is InChI=1S/C27H28F3N3O5/c1-26(2,3)38-25(35)33-14-19(10-20(33)15-36-4)32-13-18-8-17(12-31)22(11-23(18)24(32)34)16-6-5-7-21(9-16)37-27(28,29)30/h5-9,11,19-20H,10,13-15H2,1-4H3/t19-,20+/m1/s1. The van der Waals surface area contributed by atoms with E-state index in [1.807, 2.05) is 0 Å². The Morgan fingerprint density at radius 3 is 2.53 bits per heavy atom. The van der Waals surface area contributed by atoms with Gasteiger partial charge in [-0.1, -0.05) is 12.1 Å². The lowest BCUT2D eigenvalue weighted by Gasteiger charge is -2.28. The maximum atomic E-state index is 13.5. The maximum Gasteiger partial charge on any atom is 0.573 e. The van der Waals surface area contributed by atoms with Crippen molar-refractivity contribution in [3.05, 3.63) is 53.1 Å². The molecule has 2 amide bonds. The summed E-state index contributed by atoms with van der Waals surface area (Å²) in [5.74, 6) is -0.703. The molecule has 1 fully saturated rings. The molecule has 2 aliphatic heterocycles. The highest BCUT2D eigenvalue weighted by molar-refractivity contribution is 6.00. The zero-order valence-corrected chi connectivity index (χ0v) is 21.5. The van der Waals surface area contributed by atoms with Crippen LogP contribution in [0.5, 0.6) is 5.75 Å². The summed E-state index contributed by atoms with van der Waals surface area (Å²) in [6.07, 6.45) is -4.86. The molecule has 0 N–H and O–H groups in total. The van der Waals surface area contributed by atoms with Crippen molar-refractivity contribution < 1.29 is 37.0 Å². The van der Waals surface area contributed by atoms with Gasteiger partial charge in [0.15, 0.2) is 0 Å². The summed E-state index contributed by atoms with van der Waals surface area (Å²) >= 11 is 0. The van der Waals surface area contributed by atoms with Crippen molar-refractivity contribution in [2.75, 3.05) is 20.3 Å². The first-order valence-electron chi connectivity index (χ1n) is 12.0. The number of rotatable bonds is 5. The highest BCUT2D eigenvalue weighted by atomic mass is 19.4. The second-order valence-corrected chi connectivity index (χ2v) is 10.3. The monoisotopic (exact) mass is 531 g/mol. The lowest BCUT2D eigenvalue weighted by molar-refractivity contribution is -0.274. The number of benzene rings is 2. The fraction of sp³-hybridized carbons (Fsp3) is 0.444. The molecule has 0 radical (unpaired) electrons. The minimum Gasteiger partial charge on any atom is -0.444 e. The molecule has 0 unspecified atom stereocenters. The van der Waals surface area contributed by atoms with Crippen molar-refractivity contribution in [3.8, 4) is 22.9 Å². The van der Waals surface area contributed by atoms with Gasteiger partial charge in [0.25, 0.3) is 5.91 Å². The van der Waals surface area contributed by atoms with Crippen LogP contribution >= 0.6 is 0 Å². The maximum absolute atomic E-state index is 13.5. The Bertz CT molecular complexity index is 1280. The van der Waals surface area contributed by atoms with Crippen molar-refractivity contribution in [3.63, 3.8) is 0 Å². The first-order valence-corrected chi connectivity index (χ1v) is 12.0. The number of carbonyl (C=O) groups excluding carboxylic acids is 2. The molecule has 2 heterocycles. The molecule has 0 bridgehead atoms. The van der Waals surface area contributed by atoms with Crippen LogP contribution in [0.15, 0.2) is 36.4 Å². The normalized spacial score (nSPS) is 19.4. The predicted molar refractivity (Wildman–Crippen MR) is 130 cm³/mol. The summed E-state index contributed by atoms with van der Waals surface area (Å²) in [7, 11) is 1.54. The smallest absolute Gasteiger partial charge is 0.444 e. The van der Waals surface area contributed by atoms with E-state index in [0.717, 1.165) is 6.07 Å². The van der Waals surface area contributed by atoms with Crippen molar-refractivity contribution >= 4 is 12.0 Å². The third kappa shape index (κ3) is 5.86. The van der Waals surface area contributed by atoms with E-state index < -0.39 is 23.8 Å². The molecule has 11 heteroatoms. The number of ether oxygens (including phenoxy) is 3. The van der Waals surface area contributed by atoms with Crippen LogP contribution in [0, 0.1) is 11.3 Å². The summed E-state index contributed by atoms with van der Waals surface area (Å²) in [4.78, 5) is 29.6. The molecule has 202 valence electrons. The average molecular weight is 532 g/mol. The van der Waals surface area contributed by atoms with Crippen LogP contribution < -0.4 is 4.74 Å². The van der Waals surface area contributed by atoms with Gasteiger partial charge in [-0.3, -0.25) is 4.79 Å². The summed E-state index contributed by atoms with van der Waals surface area (Å²) in [6.45, 7) is 6.12. The van der Waals surface area contributed by atoms with Crippen LogP contribution in [-0.2, 0) is 16.0 Å².